The van der Waals surface area contributed by atoms with Gasteiger partial charge in [0.05, 0.1) is 13.2 Å². The second-order valence-electron chi connectivity index (χ2n) is 5.50. The van der Waals surface area contributed by atoms with Gasteiger partial charge in [-0.2, -0.15) is 0 Å². The van der Waals surface area contributed by atoms with Crippen LogP contribution in [-0.2, 0) is 11.2 Å². The van der Waals surface area contributed by atoms with Crippen molar-refractivity contribution in [2.75, 3.05) is 26.3 Å². The van der Waals surface area contributed by atoms with Crippen LogP contribution in [0, 0.1) is 0 Å². The minimum Gasteiger partial charge on any atom is -0.379 e. The highest BCUT2D eigenvalue weighted by atomic mass is 32.1. The average molecular weight is 273 g/mol. The molecule has 0 spiro atoms. The fraction of sp³-hybridized carbons (Fsp3) is 0.500. The van der Waals surface area contributed by atoms with Crippen LogP contribution in [0.1, 0.15) is 29.3 Å². The molecule has 0 radical (unpaired) electrons. The molecule has 1 unspecified atom stereocenters. The topological polar surface area (TPSA) is 12.5 Å². The lowest BCUT2D eigenvalue weighted by atomic mass is 9.91. The van der Waals surface area contributed by atoms with Gasteiger partial charge in [-0.25, -0.2) is 0 Å². The standard InChI is InChI=1S/C16H19NOS/c1-2-7-15-12(4-1)13-5-3-6-14(16(13)19-15)17-8-10-18-11-9-17/h1-2,4,7,14H,3,5-6,8-11H2. The predicted molar refractivity (Wildman–Crippen MR) is 79.9 cm³/mol. The van der Waals surface area contributed by atoms with Gasteiger partial charge >= 0.3 is 0 Å². The maximum atomic E-state index is 5.50. The number of hydrogen-bond donors (Lipinski definition) is 0. The van der Waals surface area contributed by atoms with Crippen molar-refractivity contribution in [1.82, 2.24) is 4.90 Å². The normalized spacial score (nSPS) is 24.5. The van der Waals surface area contributed by atoms with Crippen LogP contribution in [0.25, 0.3) is 10.1 Å². The molecule has 100 valence electrons. The molecule has 4 rings (SSSR count). The van der Waals surface area contributed by atoms with Crippen molar-refractivity contribution < 1.29 is 4.74 Å². The van der Waals surface area contributed by atoms with Gasteiger partial charge in [0.15, 0.2) is 0 Å². The van der Waals surface area contributed by atoms with Gasteiger partial charge in [-0.1, -0.05) is 18.2 Å². The third kappa shape index (κ3) is 2.00. The summed E-state index contributed by atoms with van der Waals surface area (Å²) in [5.74, 6) is 0. The van der Waals surface area contributed by atoms with Crippen molar-refractivity contribution in [2.24, 2.45) is 0 Å². The highest BCUT2D eigenvalue weighted by molar-refractivity contribution is 7.19. The van der Waals surface area contributed by atoms with Crippen LogP contribution >= 0.6 is 11.3 Å². The van der Waals surface area contributed by atoms with Crippen LogP contribution in [0.5, 0.6) is 0 Å². The lowest BCUT2D eigenvalue weighted by Crippen LogP contribution is -2.39. The SMILES string of the molecule is c1ccc2c3c(sc2c1)C(N1CCOCC1)CCC3. The van der Waals surface area contributed by atoms with Gasteiger partial charge < -0.3 is 4.74 Å². The highest BCUT2D eigenvalue weighted by Crippen LogP contribution is 2.43. The van der Waals surface area contributed by atoms with Crippen LogP contribution in [0.2, 0.25) is 0 Å². The Morgan fingerprint density at radius 2 is 2.00 bits per heavy atom. The average Bonchev–Trinajstić information content (AvgIpc) is 2.87. The number of hydrogen-bond acceptors (Lipinski definition) is 3. The molecule has 2 aromatic rings. The lowest BCUT2D eigenvalue weighted by molar-refractivity contribution is 0.0133. The second kappa shape index (κ2) is 4.89. The summed E-state index contributed by atoms with van der Waals surface area (Å²) in [6.07, 6.45) is 3.91. The van der Waals surface area contributed by atoms with Gasteiger partial charge in [0.25, 0.3) is 0 Å². The molecule has 3 heteroatoms. The molecule has 1 fully saturated rings. The quantitative estimate of drug-likeness (QED) is 0.787. The van der Waals surface area contributed by atoms with E-state index < -0.39 is 0 Å². The Bertz CT molecular complexity index is 585. The van der Waals surface area contributed by atoms with E-state index in [-0.39, 0.29) is 0 Å². The first kappa shape index (κ1) is 11.9. The van der Waals surface area contributed by atoms with Crippen molar-refractivity contribution in [2.45, 2.75) is 25.3 Å². The minimum atomic E-state index is 0.644. The van der Waals surface area contributed by atoms with Crippen molar-refractivity contribution in [3.63, 3.8) is 0 Å². The van der Waals surface area contributed by atoms with Crippen molar-refractivity contribution >= 4 is 21.4 Å². The molecule has 2 nitrogen and oxygen atoms in total. The number of morpholine rings is 1. The zero-order valence-electron chi connectivity index (χ0n) is 11.1. The molecule has 1 aromatic carbocycles. The molecule has 2 aliphatic rings. The molecule has 1 aromatic heterocycles. The lowest BCUT2D eigenvalue weighted by Gasteiger charge is -2.36. The van der Waals surface area contributed by atoms with Crippen molar-refractivity contribution in [1.29, 1.82) is 0 Å². The molecule has 1 aliphatic carbocycles. The van der Waals surface area contributed by atoms with Crippen molar-refractivity contribution in [3.8, 4) is 0 Å². The van der Waals surface area contributed by atoms with Crippen LogP contribution in [-0.4, -0.2) is 31.2 Å². The van der Waals surface area contributed by atoms with Gasteiger partial charge in [-0.15, -0.1) is 11.3 Å². The fourth-order valence-electron chi connectivity index (χ4n) is 3.49. The van der Waals surface area contributed by atoms with Crippen LogP contribution in [0.4, 0.5) is 0 Å². The second-order valence-corrected chi connectivity index (χ2v) is 6.58. The van der Waals surface area contributed by atoms with E-state index in [1.165, 1.54) is 29.3 Å². The summed E-state index contributed by atoms with van der Waals surface area (Å²) in [6.45, 7) is 3.99. The Morgan fingerprint density at radius 1 is 1.16 bits per heavy atom. The van der Waals surface area contributed by atoms with E-state index in [9.17, 15) is 0 Å². The van der Waals surface area contributed by atoms with E-state index in [1.807, 2.05) is 11.3 Å². The Morgan fingerprint density at radius 3 is 2.89 bits per heavy atom. The third-order valence-electron chi connectivity index (χ3n) is 4.42. The largest absolute Gasteiger partial charge is 0.379 e. The van der Waals surface area contributed by atoms with Crippen molar-refractivity contribution in [3.05, 3.63) is 34.7 Å². The minimum absolute atomic E-state index is 0.644. The molecular weight excluding hydrogens is 254 g/mol. The Kier molecular flexibility index (Phi) is 3.06. The van der Waals surface area contributed by atoms with E-state index in [0.717, 1.165) is 26.3 Å². The molecule has 0 saturated carbocycles. The molecule has 0 N–H and O–H groups in total. The maximum absolute atomic E-state index is 5.50. The number of fused-ring (bicyclic) bond motifs is 3. The number of thiophene rings is 1. The predicted octanol–water partition coefficient (Wildman–Crippen LogP) is 3.61. The molecule has 2 heterocycles. The van der Waals surface area contributed by atoms with E-state index in [1.54, 1.807) is 10.4 Å². The fourth-order valence-corrected chi connectivity index (χ4v) is 4.91. The van der Waals surface area contributed by atoms with E-state index in [4.69, 9.17) is 4.74 Å². The number of rotatable bonds is 1. The highest BCUT2D eigenvalue weighted by Gasteiger charge is 2.29. The number of nitrogens with zero attached hydrogens (tertiary/aromatic N) is 1. The molecule has 1 aliphatic heterocycles. The molecule has 1 saturated heterocycles. The first-order valence-electron chi connectivity index (χ1n) is 7.25. The molecular formula is C16H19NOS. The molecule has 19 heavy (non-hydrogen) atoms. The van der Waals surface area contributed by atoms with E-state index in [2.05, 4.69) is 29.2 Å². The molecule has 0 amide bonds. The van der Waals surface area contributed by atoms with Gasteiger partial charge in [0.1, 0.15) is 0 Å². The van der Waals surface area contributed by atoms with Gasteiger partial charge in [0, 0.05) is 28.7 Å². The third-order valence-corrected chi connectivity index (χ3v) is 5.74. The monoisotopic (exact) mass is 273 g/mol. The zero-order valence-corrected chi connectivity index (χ0v) is 11.9. The van der Waals surface area contributed by atoms with Crippen LogP contribution in [0.3, 0.4) is 0 Å². The summed E-state index contributed by atoms with van der Waals surface area (Å²) < 4.78 is 6.96. The summed E-state index contributed by atoms with van der Waals surface area (Å²) in [5.41, 5.74) is 1.63. The summed E-state index contributed by atoms with van der Waals surface area (Å²) in [5, 5.41) is 1.50. The summed E-state index contributed by atoms with van der Waals surface area (Å²) in [6, 6.07) is 9.55. The Balaban J connectivity index is 1.77. The van der Waals surface area contributed by atoms with Crippen LogP contribution < -0.4 is 0 Å². The summed E-state index contributed by atoms with van der Waals surface area (Å²) >= 11 is 2.02. The smallest absolute Gasteiger partial charge is 0.0594 e. The molecule has 1 atom stereocenters. The number of benzene rings is 1. The van der Waals surface area contributed by atoms with E-state index >= 15 is 0 Å². The molecule has 0 bridgehead atoms. The van der Waals surface area contributed by atoms with Gasteiger partial charge in [0.2, 0.25) is 0 Å². The number of aryl methyl sites for hydroxylation is 1. The van der Waals surface area contributed by atoms with E-state index in [0.29, 0.717) is 6.04 Å². The van der Waals surface area contributed by atoms with Gasteiger partial charge in [-0.05, 0) is 36.3 Å². The summed E-state index contributed by atoms with van der Waals surface area (Å²) in [4.78, 5) is 4.27. The Labute approximate surface area is 118 Å². The zero-order chi connectivity index (χ0) is 12.7. The van der Waals surface area contributed by atoms with Gasteiger partial charge in [-0.3, -0.25) is 4.90 Å². The number of ether oxygens (including phenoxy) is 1. The van der Waals surface area contributed by atoms with Crippen LogP contribution in [0.15, 0.2) is 24.3 Å². The maximum Gasteiger partial charge on any atom is 0.0594 e. The first-order chi connectivity index (χ1) is 9.43. The Hall–Kier alpha value is -0.900. The summed E-state index contributed by atoms with van der Waals surface area (Å²) in [7, 11) is 0. The first-order valence-corrected chi connectivity index (χ1v) is 8.07.